The van der Waals surface area contributed by atoms with E-state index in [1.54, 1.807) is 19.9 Å². The Kier molecular flexibility index (Phi) is 4.53. The molecular formula is C13H18FNO3. The number of nitrogens with one attached hydrogen (secondary N) is 1. The predicted molar refractivity (Wildman–Crippen MR) is 67.2 cm³/mol. The Morgan fingerprint density at radius 3 is 2.56 bits per heavy atom. The minimum atomic E-state index is -0.675. The number of hydrogen-bond acceptors (Lipinski definition) is 4. The lowest BCUT2D eigenvalue weighted by molar-refractivity contribution is -0.149. The highest BCUT2D eigenvalue weighted by atomic mass is 19.1. The van der Waals surface area contributed by atoms with Gasteiger partial charge in [0.05, 0.1) is 19.6 Å². The van der Waals surface area contributed by atoms with Crippen molar-refractivity contribution in [2.45, 2.75) is 13.8 Å². The Morgan fingerprint density at radius 2 is 2.06 bits per heavy atom. The Labute approximate surface area is 106 Å². The van der Waals surface area contributed by atoms with Crippen molar-refractivity contribution in [3.05, 3.63) is 24.0 Å². The van der Waals surface area contributed by atoms with E-state index >= 15 is 0 Å². The molecule has 0 aliphatic rings. The molecule has 0 bridgehead atoms. The highest BCUT2D eigenvalue weighted by Crippen LogP contribution is 2.23. The molecular weight excluding hydrogens is 237 g/mol. The molecule has 100 valence electrons. The lowest BCUT2D eigenvalue weighted by atomic mass is 9.93. The van der Waals surface area contributed by atoms with E-state index < -0.39 is 11.2 Å². The molecule has 0 heterocycles. The first kappa shape index (κ1) is 14.3. The number of methoxy groups -OCH3 is 2. The Morgan fingerprint density at radius 1 is 1.39 bits per heavy atom. The van der Waals surface area contributed by atoms with E-state index in [2.05, 4.69) is 5.32 Å². The third kappa shape index (κ3) is 3.35. The highest BCUT2D eigenvalue weighted by Gasteiger charge is 2.28. The summed E-state index contributed by atoms with van der Waals surface area (Å²) in [6.07, 6.45) is 0. The maximum Gasteiger partial charge on any atom is 0.313 e. The number of ether oxygens (including phenoxy) is 2. The minimum absolute atomic E-state index is 0.188. The first-order valence-corrected chi connectivity index (χ1v) is 5.56. The van der Waals surface area contributed by atoms with E-state index in [1.807, 2.05) is 0 Å². The van der Waals surface area contributed by atoms with Crippen LogP contribution in [0.1, 0.15) is 13.8 Å². The lowest BCUT2D eigenvalue weighted by Crippen LogP contribution is -2.33. The molecule has 0 amide bonds. The van der Waals surface area contributed by atoms with Gasteiger partial charge in [-0.05, 0) is 26.0 Å². The molecule has 0 aliphatic heterocycles. The van der Waals surface area contributed by atoms with Gasteiger partial charge < -0.3 is 14.8 Å². The predicted octanol–water partition coefficient (Wildman–Crippen LogP) is 2.45. The number of anilines is 1. The number of hydrogen-bond donors (Lipinski definition) is 1. The quantitative estimate of drug-likeness (QED) is 0.821. The summed E-state index contributed by atoms with van der Waals surface area (Å²) in [4.78, 5) is 11.5. The van der Waals surface area contributed by atoms with Crippen LogP contribution in [0, 0.1) is 11.2 Å². The molecule has 0 saturated carbocycles. The smallest absolute Gasteiger partial charge is 0.313 e. The van der Waals surface area contributed by atoms with Crippen LogP contribution < -0.4 is 10.1 Å². The summed E-state index contributed by atoms with van der Waals surface area (Å²) in [5.41, 5.74) is -0.0872. The molecule has 0 atom stereocenters. The van der Waals surface area contributed by atoms with Crippen LogP contribution >= 0.6 is 0 Å². The van der Waals surface area contributed by atoms with Gasteiger partial charge in [0.15, 0.2) is 11.6 Å². The van der Waals surface area contributed by atoms with Gasteiger partial charge in [0, 0.05) is 18.3 Å². The van der Waals surface area contributed by atoms with Crippen LogP contribution in [0.4, 0.5) is 10.1 Å². The van der Waals surface area contributed by atoms with Crippen molar-refractivity contribution >= 4 is 11.7 Å². The molecule has 0 radical (unpaired) electrons. The molecule has 5 heteroatoms. The molecule has 1 aromatic carbocycles. The fraction of sp³-hybridized carbons (Fsp3) is 0.462. The summed E-state index contributed by atoms with van der Waals surface area (Å²) >= 11 is 0. The summed E-state index contributed by atoms with van der Waals surface area (Å²) in [6, 6.07) is 4.55. The molecule has 1 rings (SSSR count). The summed E-state index contributed by atoms with van der Waals surface area (Å²) in [6.45, 7) is 3.86. The van der Waals surface area contributed by atoms with E-state index in [4.69, 9.17) is 9.47 Å². The van der Waals surface area contributed by atoms with Gasteiger partial charge in [-0.3, -0.25) is 4.79 Å². The molecule has 1 N–H and O–H groups in total. The number of benzene rings is 1. The van der Waals surface area contributed by atoms with Crippen molar-refractivity contribution in [1.29, 1.82) is 0 Å². The average molecular weight is 255 g/mol. The van der Waals surface area contributed by atoms with Crippen molar-refractivity contribution in [1.82, 2.24) is 0 Å². The fourth-order valence-corrected chi connectivity index (χ4v) is 1.45. The van der Waals surface area contributed by atoms with E-state index in [0.717, 1.165) is 0 Å². The second-order valence-electron chi connectivity index (χ2n) is 4.58. The van der Waals surface area contributed by atoms with Gasteiger partial charge in [-0.25, -0.2) is 4.39 Å². The first-order chi connectivity index (χ1) is 8.40. The second kappa shape index (κ2) is 5.71. The second-order valence-corrected chi connectivity index (χ2v) is 4.58. The zero-order valence-electron chi connectivity index (χ0n) is 11.0. The van der Waals surface area contributed by atoms with Gasteiger partial charge in [0.1, 0.15) is 0 Å². The Balaban J connectivity index is 2.69. The lowest BCUT2D eigenvalue weighted by Gasteiger charge is -2.22. The molecule has 18 heavy (non-hydrogen) atoms. The molecule has 0 aromatic heterocycles. The van der Waals surface area contributed by atoms with E-state index in [0.29, 0.717) is 12.2 Å². The van der Waals surface area contributed by atoms with Crippen molar-refractivity contribution < 1.29 is 18.7 Å². The monoisotopic (exact) mass is 255 g/mol. The maximum atomic E-state index is 13.4. The van der Waals surface area contributed by atoms with Crippen molar-refractivity contribution in [2.24, 2.45) is 5.41 Å². The summed E-state index contributed by atoms with van der Waals surface area (Å²) in [5.74, 6) is -0.574. The maximum absolute atomic E-state index is 13.4. The standard InChI is InChI=1S/C13H18FNO3/c1-13(2,12(16)18-4)8-15-9-5-6-11(17-3)10(14)7-9/h5-7,15H,8H2,1-4H3. The van der Waals surface area contributed by atoms with E-state index in [-0.39, 0.29) is 11.7 Å². The zero-order chi connectivity index (χ0) is 13.8. The van der Waals surface area contributed by atoms with Crippen molar-refractivity contribution in [2.75, 3.05) is 26.1 Å². The molecule has 4 nitrogen and oxygen atoms in total. The molecule has 0 saturated heterocycles. The van der Waals surface area contributed by atoms with Gasteiger partial charge in [-0.15, -0.1) is 0 Å². The highest BCUT2D eigenvalue weighted by molar-refractivity contribution is 5.76. The third-order valence-corrected chi connectivity index (χ3v) is 2.62. The zero-order valence-corrected chi connectivity index (χ0v) is 11.0. The van der Waals surface area contributed by atoms with Crippen LogP contribution in [0.15, 0.2) is 18.2 Å². The SMILES string of the molecule is COC(=O)C(C)(C)CNc1ccc(OC)c(F)c1. The van der Waals surface area contributed by atoms with Gasteiger partial charge >= 0.3 is 5.97 Å². The molecule has 0 unspecified atom stereocenters. The third-order valence-electron chi connectivity index (χ3n) is 2.62. The van der Waals surface area contributed by atoms with E-state index in [1.165, 1.54) is 26.4 Å². The van der Waals surface area contributed by atoms with E-state index in [9.17, 15) is 9.18 Å². The topological polar surface area (TPSA) is 47.6 Å². The van der Waals surface area contributed by atoms with Crippen LogP contribution in [0.25, 0.3) is 0 Å². The normalized spacial score (nSPS) is 10.9. The summed E-state index contributed by atoms with van der Waals surface area (Å²) < 4.78 is 23.0. The molecule has 1 aromatic rings. The number of esters is 1. The Hall–Kier alpha value is -1.78. The number of carbonyl (C=O) groups excluding carboxylic acids is 1. The van der Waals surface area contributed by atoms with Crippen LogP contribution in [0.2, 0.25) is 0 Å². The van der Waals surface area contributed by atoms with Gasteiger partial charge in [0.25, 0.3) is 0 Å². The number of halogens is 1. The molecule has 0 spiro atoms. The minimum Gasteiger partial charge on any atom is -0.494 e. The number of rotatable bonds is 5. The number of carbonyl (C=O) groups is 1. The van der Waals surface area contributed by atoms with Crippen LogP contribution in [-0.2, 0) is 9.53 Å². The average Bonchev–Trinajstić information content (AvgIpc) is 2.35. The van der Waals surface area contributed by atoms with Crippen LogP contribution in [0.5, 0.6) is 5.75 Å². The molecule has 0 aliphatic carbocycles. The van der Waals surface area contributed by atoms with Gasteiger partial charge in [-0.1, -0.05) is 0 Å². The van der Waals surface area contributed by atoms with Crippen molar-refractivity contribution in [3.63, 3.8) is 0 Å². The van der Waals surface area contributed by atoms with Crippen molar-refractivity contribution in [3.8, 4) is 5.75 Å². The summed E-state index contributed by atoms with van der Waals surface area (Å²) in [7, 11) is 2.75. The fourth-order valence-electron chi connectivity index (χ4n) is 1.45. The van der Waals surface area contributed by atoms with Crippen LogP contribution in [0.3, 0.4) is 0 Å². The van der Waals surface area contributed by atoms with Gasteiger partial charge in [-0.2, -0.15) is 0 Å². The molecule has 0 fully saturated rings. The Bertz CT molecular complexity index is 432. The van der Waals surface area contributed by atoms with Gasteiger partial charge in [0.2, 0.25) is 0 Å². The first-order valence-electron chi connectivity index (χ1n) is 5.56. The largest absolute Gasteiger partial charge is 0.494 e. The van der Waals surface area contributed by atoms with Crippen LogP contribution in [-0.4, -0.2) is 26.7 Å². The summed E-state index contributed by atoms with van der Waals surface area (Å²) in [5, 5.41) is 3.00.